The number of phenolic OH excluding ortho intramolecular Hbond substituents is 1. The molecule has 5 nitrogen and oxygen atoms in total. The number of aromatic hydroxyl groups is 1. The molecule has 0 spiro atoms. The molecule has 0 heterocycles. The molecule has 0 amide bonds. The maximum Gasteiger partial charge on any atom is 0.344 e. The summed E-state index contributed by atoms with van der Waals surface area (Å²) in [5, 5.41) is 15.4. The number of phenols is 1. The summed E-state index contributed by atoms with van der Waals surface area (Å²) < 4.78 is 24.9. The van der Waals surface area contributed by atoms with Crippen molar-refractivity contribution in [2.45, 2.75) is 91.5 Å². The van der Waals surface area contributed by atoms with Gasteiger partial charge in [0.25, 0.3) is 0 Å². The molecule has 0 saturated heterocycles. The summed E-state index contributed by atoms with van der Waals surface area (Å²) in [4.78, 5) is 0. The van der Waals surface area contributed by atoms with Crippen LogP contribution in [0.1, 0.15) is 96.5 Å². The average molecular weight is 538 g/mol. The van der Waals surface area contributed by atoms with E-state index in [-0.39, 0.29) is 23.2 Å². The second-order valence-corrected chi connectivity index (χ2v) is 14.0. The number of hydrogen-bond acceptors (Lipinski definition) is 5. The van der Waals surface area contributed by atoms with E-state index in [1.165, 1.54) is 0 Å². The van der Waals surface area contributed by atoms with Gasteiger partial charge in [-0.1, -0.05) is 79.1 Å². The lowest BCUT2D eigenvalue weighted by Gasteiger charge is -2.31. The van der Waals surface area contributed by atoms with Gasteiger partial charge >= 0.3 is 7.60 Å². The number of nitrogens with one attached hydrogen (secondary N) is 1. The molecule has 36 heavy (non-hydrogen) atoms. The van der Waals surface area contributed by atoms with Gasteiger partial charge in [0, 0.05) is 11.1 Å². The van der Waals surface area contributed by atoms with Crippen LogP contribution in [0.15, 0.2) is 36.4 Å². The Bertz CT molecular complexity index is 978. The summed E-state index contributed by atoms with van der Waals surface area (Å²) in [7, 11) is -3.32. The molecule has 202 valence electrons. The Balaban J connectivity index is 2.55. The third-order valence-corrected chi connectivity index (χ3v) is 7.99. The van der Waals surface area contributed by atoms with Crippen LogP contribution in [0.4, 0.5) is 0 Å². The minimum Gasteiger partial charge on any atom is -0.507 e. The van der Waals surface area contributed by atoms with Gasteiger partial charge in [0.1, 0.15) is 5.75 Å². The largest absolute Gasteiger partial charge is 0.507 e. The highest BCUT2D eigenvalue weighted by atomic mass is 35.5. The summed E-state index contributed by atoms with van der Waals surface area (Å²) in [5.41, 5.74) is 3.39. The van der Waals surface area contributed by atoms with Gasteiger partial charge in [-0.15, -0.1) is 0 Å². The molecule has 7 heteroatoms. The molecule has 1 unspecified atom stereocenters. The molecule has 0 aliphatic heterocycles. The topological polar surface area (TPSA) is 67.8 Å². The third-order valence-electron chi connectivity index (χ3n) is 6.02. The first kappa shape index (κ1) is 30.9. The molecule has 1 atom stereocenters. The lowest BCUT2D eigenvalue weighted by Crippen LogP contribution is -2.27. The maximum atomic E-state index is 13.5. The fraction of sp³-hybridized carbons (Fsp3) is 0.586. The summed E-state index contributed by atoms with van der Waals surface area (Å²) in [6.45, 7) is 17.3. The van der Waals surface area contributed by atoms with E-state index in [1.54, 1.807) is 0 Å². The second-order valence-electron chi connectivity index (χ2n) is 11.5. The van der Waals surface area contributed by atoms with Gasteiger partial charge in [0.05, 0.1) is 19.5 Å². The molecule has 0 radical (unpaired) electrons. The van der Waals surface area contributed by atoms with E-state index in [4.69, 9.17) is 20.6 Å². The van der Waals surface area contributed by atoms with Crippen LogP contribution in [0.25, 0.3) is 0 Å². The van der Waals surface area contributed by atoms with Crippen molar-refractivity contribution in [3.63, 3.8) is 0 Å². The Morgan fingerprint density at radius 2 is 1.39 bits per heavy atom. The highest BCUT2D eigenvalue weighted by molar-refractivity contribution is 7.53. The van der Waals surface area contributed by atoms with Crippen molar-refractivity contribution in [3.05, 3.63) is 63.7 Å². The van der Waals surface area contributed by atoms with E-state index in [9.17, 15) is 9.67 Å². The second kappa shape index (κ2) is 12.9. The number of rotatable bonds is 12. The first-order valence-electron chi connectivity index (χ1n) is 12.9. The van der Waals surface area contributed by atoms with Crippen LogP contribution in [0.2, 0.25) is 5.02 Å². The van der Waals surface area contributed by atoms with Crippen molar-refractivity contribution in [3.8, 4) is 5.75 Å². The van der Waals surface area contributed by atoms with Crippen LogP contribution in [-0.2, 0) is 30.9 Å². The lowest BCUT2D eigenvalue weighted by atomic mass is 9.77. The van der Waals surface area contributed by atoms with Crippen LogP contribution >= 0.6 is 19.2 Å². The fourth-order valence-corrected chi connectivity index (χ4v) is 5.73. The predicted molar refractivity (Wildman–Crippen MR) is 151 cm³/mol. The third kappa shape index (κ3) is 8.89. The molecule has 0 saturated carbocycles. The smallest absolute Gasteiger partial charge is 0.344 e. The Morgan fingerprint density at radius 3 is 1.81 bits per heavy atom. The minimum absolute atomic E-state index is 0.0990. The fourth-order valence-electron chi connectivity index (χ4n) is 3.98. The van der Waals surface area contributed by atoms with Crippen molar-refractivity contribution >= 4 is 19.2 Å². The first-order chi connectivity index (χ1) is 16.7. The Kier molecular flexibility index (Phi) is 11.1. The summed E-state index contributed by atoms with van der Waals surface area (Å²) in [6, 6.07) is 11.7. The standard InChI is InChI=1S/C29H45ClNO4P/c1-9-15-34-36(33,35-16-10-2)20-31-26(17-21-11-13-23(30)14-12-21)22-18-24(28(3,4)5)27(32)25(19-22)29(6,7)8/h11-14,18-19,26,31-32H,9-10,15-17,20H2,1-8H3. The molecule has 0 aliphatic carbocycles. The van der Waals surface area contributed by atoms with Crippen LogP contribution in [-0.4, -0.2) is 24.6 Å². The Morgan fingerprint density at radius 1 is 0.917 bits per heavy atom. The minimum atomic E-state index is -3.32. The van der Waals surface area contributed by atoms with E-state index < -0.39 is 7.60 Å². The van der Waals surface area contributed by atoms with E-state index >= 15 is 0 Å². The number of hydrogen-bond donors (Lipinski definition) is 2. The molecule has 0 fully saturated rings. The summed E-state index contributed by atoms with van der Waals surface area (Å²) in [5.74, 6) is 0.340. The van der Waals surface area contributed by atoms with Crippen LogP contribution in [0, 0.1) is 0 Å². The summed E-state index contributed by atoms with van der Waals surface area (Å²) >= 11 is 6.13. The van der Waals surface area contributed by atoms with Gasteiger partial charge in [0.2, 0.25) is 0 Å². The van der Waals surface area contributed by atoms with E-state index in [0.717, 1.165) is 35.1 Å². The predicted octanol–water partition coefficient (Wildman–Crippen LogP) is 8.52. The van der Waals surface area contributed by atoms with Crippen LogP contribution in [0.3, 0.4) is 0 Å². The SMILES string of the molecule is CCCOP(=O)(CNC(Cc1ccc(Cl)cc1)c1cc(C(C)(C)C)c(O)c(C(C)(C)C)c1)OCCC. The highest BCUT2D eigenvalue weighted by Crippen LogP contribution is 2.48. The molecule has 0 bridgehead atoms. The Labute approximate surface area is 223 Å². The van der Waals surface area contributed by atoms with Gasteiger partial charge in [-0.05, 0) is 76.6 Å². The van der Waals surface area contributed by atoms with Crippen LogP contribution < -0.4 is 5.32 Å². The molecule has 0 aromatic heterocycles. The van der Waals surface area contributed by atoms with E-state index in [2.05, 4.69) is 59.0 Å². The van der Waals surface area contributed by atoms with Crippen molar-refractivity contribution in [1.82, 2.24) is 5.32 Å². The zero-order chi connectivity index (χ0) is 27.1. The van der Waals surface area contributed by atoms with Crippen molar-refractivity contribution in [1.29, 1.82) is 0 Å². The zero-order valence-electron chi connectivity index (χ0n) is 23.3. The van der Waals surface area contributed by atoms with E-state index in [0.29, 0.717) is 30.4 Å². The molecule has 2 aromatic carbocycles. The van der Waals surface area contributed by atoms with Gasteiger partial charge in [-0.25, -0.2) is 0 Å². The average Bonchev–Trinajstić information content (AvgIpc) is 2.79. The number of benzene rings is 2. The first-order valence-corrected chi connectivity index (χ1v) is 15.0. The normalized spacial score (nSPS) is 13.7. The quantitative estimate of drug-likeness (QED) is 0.265. The van der Waals surface area contributed by atoms with Crippen molar-refractivity contribution < 1.29 is 18.7 Å². The molecule has 2 aromatic rings. The van der Waals surface area contributed by atoms with Gasteiger partial charge < -0.3 is 14.2 Å². The highest BCUT2D eigenvalue weighted by Gasteiger charge is 2.30. The van der Waals surface area contributed by atoms with Gasteiger partial charge in [0.15, 0.2) is 0 Å². The maximum absolute atomic E-state index is 13.5. The molecular weight excluding hydrogens is 493 g/mol. The monoisotopic (exact) mass is 537 g/mol. The van der Waals surface area contributed by atoms with Gasteiger partial charge in [-0.2, -0.15) is 0 Å². The molecule has 0 aliphatic rings. The zero-order valence-corrected chi connectivity index (χ0v) is 24.9. The summed E-state index contributed by atoms with van der Waals surface area (Å²) in [6.07, 6.45) is 2.27. The molecule has 2 rings (SSSR count). The lowest BCUT2D eigenvalue weighted by molar-refractivity contribution is 0.201. The molecular formula is C29H45ClNO4P. The molecule has 2 N–H and O–H groups in total. The van der Waals surface area contributed by atoms with Gasteiger partial charge in [-0.3, -0.25) is 9.88 Å². The van der Waals surface area contributed by atoms with Crippen molar-refractivity contribution in [2.24, 2.45) is 0 Å². The van der Waals surface area contributed by atoms with Crippen LogP contribution in [0.5, 0.6) is 5.75 Å². The number of halogens is 1. The van der Waals surface area contributed by atoms with E-state index in [1.807, 2.05) is 38.1 Å². The van der Waals surface area contributed by atoms with Crippen molar-refractivity contribution in [2.75, 3.05) is 19.5 Å². The Hall–Kier alpha value is -1.36.